The molecular weight excluding hydrogens is 378 g/mol. The molecule has 6 N–H and O–H groups in total. The van der Waals surface area contributed by atoms with E-state index in [-0.39, 0.29) is 28.7 Å². The van der Waals surface area contributed by atoms with E-state index >= 15 is 0 Å². The fraction of sp³-hybridized carbons (Fsp3) is 0.278. The zero-order valence-electron chi connectivity index (χ0n) is 16.5. The van der Waals surface area contributed by atoms with Gasteiger partial charge < -0.3 is 26.2 Å². The standard InChI is InChI=1S/C18H23N7O4/c1-18(2,3)29-17(28)25(4)12(15-22-9-11(24-15)14(20)26)8-13(19)23-10-6-5-7-21-16(10)27/h5-9H,1-4H3,(H2,19,23)(H2,20,26)(H,21,27)(H,22,24)/b12-8+. The van der Waals surface area contributed by atoms with Crippen molar-refractivity contribution in [2.24, 2.45) is 16.5 Å². The van der Waals surface area contributed by atoms with Gasteiger partial charge in [0.2, 0.25) is 0 Å². The molecule has 29 heavy (non-hydrogen) atoms. The van der Waals surface area contributed by atoms with Gasteiger partial charge in [0, 0.05) is 19.3 Å². The number of nitrogens with one attached hydrogen (secondary N) is 2. The van der Waals surface area contributed by atoms with Crippen LogP contribution in [0.2, 0.25) is 0 Å². The minimum Gasteiger partial charge on any atom is -0.443 e. The lowest BCUT2D eigenvalue weighted by Gasteiger charge is -2.25. The summed E-state index contributed by atoms with van der Waals surface area (Å²) in [5.74, 6) is -0.670. The first kappa shape index (κ1) is 21.4. The lowest BCUT2D eigenvalue weighted by molar-refractivity contribution is 0.0387. The number of H-pyrrole nitrogens is 2. The molecule has 11 nitrogen and oxygen atoms in total. The average Bonchev–Trinajstić information content (AvgIpc) is 3.10. The summed E-state index contributed by atoms with van der Waals surface area (Å²) < 4.78 is 5.35. The minimum atomic E-state index is -0.741. The fourth-order valence-corrected chi connectivity index (χ4v) is 2.14. The van der Waals surface area contributed by atoms with Gasteiger partial charge in [0.1, 0.15) is 22.8 Å². The normalized spacial score (nSPS) is 12.6. The molecule has 154 valence electrons. The van der Waals surface area contributed by atoms with Crippen LogP contribution < -0.4 is 17.0 Å². The Morgan fingerprint density at radius 1 is 1.31 bits per heavy atom. The molecule has 0 aliphatic rings. The number of carbonyl (C=O) groups is 2. The van der Waals surface area contributed by atoms with Crippen molar-refractivity contribution < 1.29 is 14.3 Å². The molecule has 0 aliphatic heterocycles. The zero-order valence-corrected chi connectivity index (χ0v) is 16.5. The first-order valence-electron chi connectivity index (χ1n) is 8.53. The molecule has 2 amide bonds. The highest BCUT2D eigenvalue weighted by atomic mass is 16.6. The molecular formula is C18H23N7O4. The van der Waals surface area contributed by atoms with Crippen molar-refractivity contribution in [3.8, 4) is 0 Å². The number of amidine groups is 1. The van der Waals surface area contributed by atoms with E-state index in [2.05, 4.69) is 19.9 Å². The van der Waals surface area contributed by atoms with Crippen LogP contribution in [0.3, 0.4) is 0 Å². The van der Waals surface area contributed by atoms with Gasteiger partial charge in [-0.3, -0.25) is 14.5 Å². The first-order valence-corrected chi connectivity index (χ1v) is 8.53. The van der Waals surface area contributed by atoms with Gasteiger partial charge in [-0.1, -0.05) is 0 Å². The van der Waals surface area contributed by atoms with E-state index in [0.717, 1.165) is 4.90 Å². The highest BCUT2D eigenvalue weighted by Gasteiger charge is 2.24. The lowest BCUT2D eigenvalue weighted by atomic mass is 10.2. The highest BCUT2D eigenvalue weighted by Crippen LogP contribution is 2.19. The van der Waals surface area contributed by atoms with E-state index < -0.39 is 23.2 Å². The Morgan fingerprint density at radius 2 is 2.00 bits per heavy atom. The van der Waals surface area contributed by atoms with Crippen LogP contribution in [0.15, 0.2) is 40.4 Å². The van der Waals surface area contributed by atoms with Gasteiger partial charge in [0.05, 0.1) is 11.9 Å². The quantitative estimate of drug-likeness (QED) is 0.431. The number of aromatic nitrogens is 3. The number of hydrogen-bond acceptors (Lipinski definition) is 6. The Hall–Kier alpha value is -3.89. The Bertz CT molecular complexity index is 1030. The number of ether oxygens (including phenoxy) is 1. The van der Waals surface area contributed by atoms with E-state index in [0.29, 0.717) is 0 Å². The maximum atomic E-state index is 12.5. The number of nitrogens with two attached hydrogens (primary N) is 2. The molecule has 0 aliphatic carbocycles. The second-order valence-corrected chi connectivity index (χ2v) is 7.00. The molecule has 0 atom stereocenters. The molecule has 0 radical (unpaired) electrons. The third-order valence-corrected chi connectivity index (χ3v) is 3.44. The second-order valence-electron chi connectivity index (χ2n) is 7.00. The summed E-state index contributed by atoms with van der Waals surface area (Å²) in [7, 11) is 1.44. The van der Waals surface area contributed by atoms with E-state index in [1.165, 1.54) is 31.6 Å². The summed E-state index contributed by atoms with van der Waals surface area (Å²) in [5.41, 5.74) is 10.3. The number of hydrogen-bond donors (Lipinski definition) is 4. The largest absolute Gasteiger partial charge is 0.443 e. The molecule has 2 aromatic rings. The molecule has 2 heterocycles. The van der Waals surface area contributed by atoms with Crippen molar-refractivity contribution in [1.82, 2.24) is 19.9 Å². The van der Waals surface area contributed by atoms with Crippen LogP contribution in [-0.2, 0) is 4.74 Å². The van der Waals surface area contributed by atoms with E-state index in [9.17, 15) is 14.4 Å². The van der Waals surface area contributed by atoms with Crippen LogP contribution in [0.4, 0.5) is 10.5 Å². The van der Waals surface area contributed by atoms with E-state index in [1.54, 1.807) is 26.8 Å². The minimum absolute atomic E-state index is 0.0403. The topological polar surface area (TPSA) is 173 Å². The molecule has 0 fully saturated rings. The Kier molecular flexibility index (Phi) is 6.22. The highest BCUT2D eigenvalue weighted by molar-refractivity contribution is 6.00. The van der Waals surface area contributed by atoms with Gasteiger partial charge >= 0.3 is 6.09 Å². The number of nitrogens with zero attached hydrogens (tertiary/aromatic N) is 3. The molecule has 0 unspecified atom stereocenters. The summed E-state index contributed by atoms with van der Waals surface area (Å²) in [6.45, 7) is 5.16. The first-order chi connectivity index (χ1) is 13.5. The predicted molar refractivity (Wildman–Crippen MR) is 107 cm³/mol. The molecule has 2 aromatic heterocycles. The predicted octanol–water partition coefficient (Wildman–Crippen LogP) is 1.09. The number of pyridine rings is 1. The van der Waals surface area contributed by atoms with Crippen LogP contribution in [0.25, 0.3) is 5.70 Å². The average molecular weight is 401 g/mol. The van der Waals surface area contributed by atoms with Gasteiger partial charge in [0.25, 0.3) is 11.5 Å². The van der Waals surface area contributed by atoms with Crippen molar-refractivity contribution in [3.63, 3.8) is 0 Å². The maximum absolute atomic E-state index is 12.5. The SMILES string of the molecule is CN(C(=O)OC(C)(C)C)/C(=C/C(N)=Nc1ccc[nH]c1=O)c1ncc(C(N)=O)[nH]1. The smallest absolute Gasteiger partial charge is 0.414 e. The van der Waals surface area contributed by atoms with E-state index in [4.69, 9.17) is 16.2 Å². The molecule has 11 heteroatoms. The van der Waals surface area contributed by atoms with Crippen LogP contribution in [0.5, 0.6) is 0 Å². The Morgan fingerprint density at radius 3 is 2.55 bits per heavy atom. The van der Waals surface area contributed by atoms with Crippen LogP contribution >= 0.6 is 0 Å². The molecule has 0 spiro atoms. The van der Waals surface area contributed by atoms with Crippen molar-refractivity contribution in [2.45, 2.75) is 26.4 Å². The maximum Gasteiger partial charge on any atom is 0.414 e. The van der Waals surface area contributed by atoms with Gasteiger partial charge in [-0.15, -0.1) is 0 Å². The van der Waals surface area contributed by atoms with Crippen molar-refractivity contribution in [1.29, 1.82) is 0 Å². The van der Waals surface area contributed by atoms with Gasteiger partial charge in [0.15, 0.2) is 5.82 Å². The third kappa shape index (κ3) is 5.79. The number of carbonyl (C=O) groups excluding carboxylic acids is 2. The zero-order chi connectivity index (χ0) is 21.8. The molecule has 0 aromatic carbocycles. The second kappa shape index (κ2) is 8.42. The summed E-state index contributed by atoms with van der Waals surface area (Å²) in [4.78, 5) is 50.1. The summed E-state index contributed by atoms with van der Waals surface area (Å²) in [5, 5.41) is 0. The van der Waals surface area contributed by atoms with Crippen LogP contribution in [0, 0.1) is 0 Å². The summed E-state index contributed by atoms with van der Waals surface area (Å²) >= 11 is 0. The van der Waals surface area contributed by atoms with Gasteiger partial charge in [-0.05, 0) is 32.9 Å². The Labute approximate surface area is 166 Å². The molecule has 0 bridgehead atoms. The number of aromatic amines is 2. The summed E-state index contributed by atoms with van der Waals surface area (Å²) in [6, 6.07) is 3.07. The number of imidazole rings is 1. The number of primary amides is 1. The van der Waals surface area contributed by atoms with Gasteiger partial charge in [-0.2, -0.15) is 0 Å². The number of amides is 2. The monoisotopic (exact) mass is 401 g/mol. The summed E-state index contributed by atoms with van der Waals surface area (Å²) in [6.07, 6.45) is 3.32. The molecule has 0 saturated heterocycles. The van der Waals surface area contributed by atoms with E-state index in [1.807, 2.05) is 0 Å². The lowest BCUT2D eigenvalue weighted by Crippen LogP contribution is -2.34. The molecule has 2 rings (SSSR count). The number of aliphatic imine (C=N–C) groups is 1. The van der Waals surface area contributed by atoms with Crippen LogP contribution in [-0.4, -0.2) is 50.3 Å². The van der Waals surface area contributed by atoms with Crippen LogP contribution in [0.1, 0.15) is 37.1 Å². The van der Waals surface area contributed by atoms with Crippen molar-refractivity contribution in [3.05, 3.63) is 52.5 Å². The van der Waals surface area contributed by atoms with Crippen molar-refractivity contribution >= 4 is 29.2 Å². The van der Waals surface area contributed by atoms with Crippen molar-refractivity contribution in [2.75, 3.05) is 7.05 Å². The Balaban J connectivity index is 2.49. The fourth-order valence-electron chi connectivity index (χ4n) is 2.14. The van der Waals surface area contributed by atoms with Gasteiger partial charge in [-0.25, -0.2) is 14.8 Å². The third-order valence-electron chi connectivity index (χ3n) is 3.44. The molecule has 0 saturated carbocycles. The number of rotatable bonds is 5.